The third-order valence-corrected chi connectivity index (χ3v) is 5.40. The fourth-order valence-electron chi connectivity index (χ4n) is 3.78. The molecule has 1 aliphatic heterocycles. The summed E-state index contributed by atoms with van der Waals surface area (Å²) in [5, 5.41) is 0.800. The van der Waals surface area contributed by atoms with Crippen molar-refractivity contribution in [1.29, 1.82) is 0 Å². The molecule has 4 rings (SSSR count). The Bertz CT molecular complexity index is 1080. The predicted molar refractivity (Wildman–Crippen MR) is 113 cm³/mol. The van der Waals surface area contributed by atoms with Gasteiger partial charge in [-0.15, -0.1) is 0 Å². The summed E-state index contributed by atoms with van der Waals surface area (Å²) in [6, 6.07) is 13.3. The molecule has 1 fully saturated rings. The van der Waals surface area contributed by atoms with Gasteiger partial charge >= 0.3 is 0 Å². The Labute approximate surface area is 169 Å². The molecule has 7 nitrogen and oxygen atoms in total. The summed E-state index contributed by atoms with van der Waals surface area (Å²) in [5.74, 6) is 0.609. The minimum atomic E-state index is -0.277. The number of rotatable bonds is 4. The Hall–Kier alpha value is -3.35. The molecular formula is C22H24N4O3. The highest BCUT2D eigenvalue weighted by molar-refractivity contribution is 5.97. The van der Waals surface area contributed by atoms with Crippen LogP contribution in [0.15, 0.2) is 53.5 Å². The lowest BCUT2D eigenvalue weighted by molar-refractivity contribution is 0.0744. The van der Waals surface area contributed by atoms with Crippen molar-refractivity contribution in [3.63, 3.8) is 0 Å². The number of aromatic nitrogens is 2. The average Bonchev–Trinajstić information content (AvgIpc) is 2.78. The minimum Gasteiger partial charge on any atom is -0.497 e. The van der Waals surface area contributed by atoms with Gasteiger partial charge in [0.05, 0.1) is 7.11 Å². The summed E-state index contributed by atoms with van der Waals surface area (Å²) >= 11 is 0. The summed E-state index contributed by atoms with van der Waals surface area (Å²) < 4.78 is 6.77. The van der Waals surface area contributed by atoms with Crippen LogP contribution in [-0.4, -0.2) is 53.6 Å². The van der Waals surface area contributed by atoms with E-state index in [2.05, 4.69) is 9.88 Å². The molecule has 29 heavy (non-hydrogen) atoms. The zero-order valence-corrected chi connectivity index (χ0v) is 16.7. The summed E-state index contributed by atoms with van der Waals surface area (Å²) in [6.07, 6.45) is 1.66. The van der Waals surface area contributed by atoms with Gasteiger partial charge in [0.1, 0.15) is 17.0 Å². The van der Waals surface area contributed by atoms with E-state index in [9.17, 15) is 9.59 Å². The molecule has 0 N–H and O–H groups in total. The van der Waals surface area contributed by atoms with E-state index in [1.807, 2.05) is 43.3 Å². The molecule has 7 heteroatoms. The minimum absolute atomic E-state index is 0.211. The van der Waals surface area contributed by atoms with Crippen molar-refractivity contribution >= 4 is 22.6 Å². The van der Waals surface area contributed by atoms with E-state index >= 15 is 0 Å². The number of piperazine rings is 1. The van der Waals surface area contributed by atoms with Crippen LogP contribution in [0.4, 0.5) is 5.69 Å². The third kappa shape index (κ3) is 3.55. The molecule has 0 saturated carbocycles. The lowest BCUT2D eigenvalue weighted by Gasteiger charge is -2.36. The van der Waals surface area contributed by atoms with Crippen LogP contribution in [0.1, 0.15) is 17.3 Å². The number of benzene rings is 1. The van der Waals surface area contributed by atoms with Crippen LogP contribution in [0, 0.1) is 0 Å². The van der Waals surface area contributed by atoms with Gasteiger partial charge in [0, 0.05) is 50.0 Å². The Morgan fingerprint density at radius 1 is 1.10 bits per heavy atom. The zero-order chi connectivity index (χ0) is 20.4. The lowest BCUT2D eigenvalue weighted by Crippen LogP contribution is -2.50. The van der Waals surface area contributed by atoms with E-state index in [4.69, 9.17) is 4.74 Å². The largest absolute Gasteiger partial charge is 0.497 e. The van der Waals surface area contributed by atoms with Crippen LogP contribution in [0.5, 0.6) is 5.75 Å². The van der Waals surface area contributed by atoms with Gasteiger partial charge in [0.25, 0.3) is 11.5 Å². The van der Waals surface area contributed by atoms with Gasteiger partial charge in [-0.1, -0.05) is 0 Å². The van der Waals surface area contributed by atoms with E-state index in [1.165, 1.54) is 0 Å². The molecule has 0 unspecified atom stereocenters. The Kier molecular flexibility index (Phi) is 5.20. The van der Waals surface area contributed by atoms with Gasteiger partial charge in [-0.2, -0.15) is 0 Å². The molecule has 1 amide bonds. The second kappa shape index (κ2) is 7.95. The first kappa shape index (κ1) is 19.0. The fourth-order valence-corrected chi connectivity index (χ4v) is 3.78. The van der Waals surface area contributed by atoms with Gasteiger partial charge in [-0.3, -0.25) is 14.2 Å². The van der Waals surface area contributed by atoms with E-state index in [0.717, 1.165) is 29.9 Å². The fraction of sp³-hybridized carbons (Fsp3) is 0.318. The molecule has 2 aromatic heterocycles. The van der Waals surface area contributed by atoms with Gasteiger partial charge in [-0.05, 0) is 49.4 Å². The standard InChI is InChI=1S/C22H24N4O3/c1-3-26-20-16(5-4-10-23-20)15-19(22(26)28)21(27)25-13-11-24(12-14-25)17-6-8-18(29-2)9-7-17/h4-10,15H,3,11-14H2,1-2H3. The number of methoxy groups -OCH3 is 1. The topological polar surface area (TPSA) is 67.7 Å². The molecule has 0 atom stereocenters. The van der Waals surface area contributed by atoms with Crippen molar-refractivity contribution in [1.82, 2.24) is 14.5 Å². The second-order valence-electron chi connectivity index (χ2n) is 7.00. The van der Waals surface area contributed by atoms with Crippen LogP contribution in [-0.2, 0) is 6.54 Å². The maximum absolute atomic E-state index is 13.1. The number of carbonyl (C=O) groups is 1. The van der Waals surface area contributed by atoms with Crippen LogP contribution in [0.2, 0.25) is 0 Å². The Morgan fingerprint density at radius 2 is 1.83 bits per heavy atom. The van der Waals surface area contributed by atoms with Crippen molar-refractivity contribution in [2.24, 2.45) is 0 Å². The number of nitrogens with zero attached hydrogens (tertiary/aromatic N) is 4. The molecule has 150 valence electrons. The summed E-state index contributed by atoms with van der Waals surface area (Å²) in [6.45, 7) is 4.93. The highest BCUT2D eigenvalue weighted by atomic mass is 16.5. The smallest absolute Gasteiger partial charge is 0.265 e. The van der Waals surface area contributed by atoms with Gasteiger partial charge < -0.3 is 14.5 Å². The first-order valence-corrected chi connectivity index (χ1v) is 9.79. The molecule has 3 aromatic rings. The number of fused-ring (bicyclic) bond motifs is 1. The van der Waals surface area contributed by atoms with Crippen molar-refractivity contribution in [2.45, 2.75) is 13.5 Å². The molecule has 1 saturated heterocycles. The first-order chi connectivity index (χ1) is 14.1. The molecule has 1 aliphatic rings. The van der Waals surface area contributed by atoms with Crippen molar-refractivity contribution in [3.05, 3.63) is 64.6 Å². The molecule has 1 aromatic carbocycles. The zero-order valence-electron chi connectivity index (χ0n) is 16.7. The molecule has 0 spiro atoms. The van der Waals surface area contributed by atoms with Crippen molar-refractivity contribution in [3.8, 4) is 5.75 Å². The van der Waals surface area contributed by atoms with E-state index < -0.39 is 0 Å². The summed E-state index contributed by atoms with van der Waals surface area (Å²) in [4.78, 5) is 34.3. The molecule has 0 radical (unpaired) electrons. The Balaban J connectivity index is 1.54. The number of aryl methyl sites for hydroxylation is 1. The summed E-state index contributed by atoms with van der Waals surface area (Å²) in [5.41, 5.74) is 1.65. The van der Waals surface area contributed by atoms with Crippen molar-refractivity contribution < 1.29 is 9.53 Å². The Morgan fingerprint density at radius 3 is 2.48 bits per heavy atom. The second-order valence-corrected chi connectivity index (χ2v) is 7.00. The number of carbonyl (C=O) groups excluding carboxylic acids is 1. The van der Waals surface area contributed by atoms with E-state index in [0.29, 0.717) is 25.3 Å². The van der Waals surface area contributed by atoms with Gasteiger partial charge in [-0.25, -0.2) is 4.98 Å². The molecule has 3 heterocycles. The highest BCUT2D eigenvalue weighted by Crippen LogP contribution is 2.21. The highest BCUT2D eigenvalue weighted by Gasteiger charge is 2.25. The van der Waals surface area contributed by atoms with Crippen LogP contribution < -0.4 is 15.2 Å². The third-order valence-electron chi connectivity index (χ3n) is 5.40. The van der Waals surface area contributed by atoms with Crippen LogP contribution >= 0.6 is 0 Å². The molecule has 0 aliphatic carbocycles. The monoisotopic (exact) mass is 392 g/mol. The summed E-state index contributed by atoms with van der Waals surface area (Å²) in [7, 11) is 1.65. The number of hydrogen-bond acceptors (Lipinski definition) is 5. The van der Waals surface area contributed by atoms with Crippen LogP contribution in [0.3, 0.4) is 0 Å². The lowest BCUT2D eigenvalue weighted by atomic mass is 10.1. The average molecular weight is 392 g/mol. The first-order valence-electron chi connectivity index (χ1n) is 9.79. The maximum Gasteiger partial charge on any atom is 0.265 e. The number of pyridine rings is 2. The number of anilines is 1. The van der Waals surface area contributed by atoms with Gasteiger partial charge in [0.15, 0.2) is 0 Å². The SMILES string of the molecule is CCn1c(=O)c(C(=O)N2CCN(c3ccc(OC)cc3)CC2)cc2cccnc21. The maximum atomic E-state index is 13.1. The normalized spacial score (nSPS) is 14.3. The van der Waals surface area contributed by atoms with E-state index in [1.54, 1.807) is 28.8 Å². The number of ether oxygens (including phenoxy) is 1. The van der Waals surface area contributed by atoms with E-state index in [-0.39, 0.29) is 17.0 Å². The quantitative estimate of drug-likeness (QED) is 0.682. The molecular weight excluding hydrogens is 368 g/mol. The van der Waals surface area contributed by atoms with Gasteiger partial charge in [0.2, 0.25) is 0 Å². The number of amides is 1. The molecule has 0 bridgehead atoms. The predicted octanol–water partition coefficient (Wildman–Crippen LogP) is 2.39. The van der Waals surface area contributed by atoms with Crippen LogP contribution in [0.25, 0.3) is 11.0 Å². The van der Waals surface area contributed by atoms with Crippen molar-refractivity contribution in [2.75, 3.05) is 38.2 Å². The number of hydrogen-bond donors (Lipinski definition) is 0.